The molecule has 2 aliphatic carbocycles. The van der Waals surface area contributed by atoms with Crippen LogP contribution in [0.4, 0.5) is 0 Å². The summed E-state index contributed by atoms with van der Waals surface area (Å²) < 4.78 is 0. The van der Waals surface area contributed by atoms with Gasteiger partial charge in [-0.3, -0.25) is 9.59 Å². The second-order valence-electron chi connectivity index (χ2n) is 5.94. The van der Waals surface area contributed by atoms with Crippen LogP contribution >= 0.6 is 0 Å². The maximum Gasteiger partial charge on any atom is 0.309 e. The van der Waals surface area contributed by atoms with Crippen molar-refractivity contribution in [2.45, 2.75) is 52.0 Å². The van der Waals surface area contributed by atoms with E-state index in [2.05, 4.69) is 12.2 Å². The molecular formula is C13H21NO3. The smallest absolute Gasteiger partial charge is 0.309 e. The first-order valence-electron chi connectivity index (χ1n) is 6.43. The van der Waals surface area contributed by atoms with Crippen LogP contribution in [0.1, 0.15) is 46.0 Å². The minimum Gasteiger partial charge on any atom is -0.481 e. The topological polar surface area (TPSA) is 66.4 Å². The Kier molecular flexibility index (Phi) is 3.15. The lowest BCUT2D eigenvalue weighted by Crippen LogP contribution is -2.52. The van der Waals surface area contributed by atoms with E-state index < -0.39 is 11.4 Å². The Hall–Kier alpha value is -1.06. The fourth-order valence-electron chi connectivity index (χ4n) is 3.85. The molecule has 4 nitrogen and oxygen atoms in total. The zero-order valence-electron chi connectivity index (χ0n) is 10.5. The van der Waals surface area contributed by atoms with E-state index in [1.54, 1.807) is 0 Å². The Bertz CT molecular complexity index is 342. The Labute approximate surface area is 102 Å². The predicted octanol–water partition coefficient (Wildman–Crippen LogP) is 1.79. The van der Waals surface area contributed by atoms with Crippen molar-refractivity contribution in [2.24, 2.45) is 17.3 Å². The molecule has 2 fully saturated rings. The van der Waals surface area contributed by atoms with Gasteiger partial charge < -0.3 is 10.4 Å². The summed E-state index contributed by atoms with van der Waals surface area (Å²) in [6.07, 6.45) is 4.08. The molecule has 4 heteroatoms. The summed E-state index contributed by atoms with van der Waals surface area (Å²) in [5, 5.41) is 12.4. The first-order valence-corrected chi connectivity index (χ1v) is 6.43. The first kappa shape index (κ1) is 12.4. The van der Waals surface area contributed by atoms with E-state index in [1.165, 1.54) is 6.92 Å². The lowest BCUT2D eigenvalue weighted by Gasteiger charge is -2.48. The van der Waals surface area contributed by atoms with E-state index in [-0.39, 0.29) is 11.9 Å². The Balaban J connectivity index is 2.14. The molecule has 96 valence electrons. The van der Waals surface area contributed by atoms with Crippen molar-refractivity contribution in [3.05, 3.63) is 0 Å². The largest absolute Gasteiger partial charge is 0.481 e. The molecule has 2 bridgehead atoms. The molecule has 0 aromatic heterocycles. The molecule has 0 spiro atoms. The Morgan fingerprint density at radius 1 is 1.35 bits per heavy atom. The highest BCUT2D eigenvalue weighted by atomic mass is 16.4. The van der Waals surface area contributed by atoms with Crippen LogP contribution in [-0.4, -0.2) is 23.0 Å². The lowest BCUT2D eigenvalue weighted by atomic mass is 9.58. The van der Waals surface area contributed by atoms with E-state index in [0.29, 0.717) is 18.3 Å². The van der Waals surface area contributed by atoms with Gasteiger partial charge in [-0.15, -0.1) is 0 Å². The number of hydrogen-bond acceptors (Lipinski definition) is 2. The quantitative estimate of drug-likeness (QED) is 0.772. The minimum atomic E-state index is -0.643. The molecule has 2 saturated carbocycles. The predicted molar refractivity (Wildman–Crippen MR) is 63.4 cm³/mol. The van der Waals surface area contributed by atoms with Crippen molar-refractivity contribution in [1.82, 2.24) is 5.32 Å². The molecular weight excluding hydrogens is 218 g/mol. The Morgan fingerprint density at radius 2 is 2.06 bits per heavy atom. The van der Waals surface area contributed by atoms with E-state index in [0.717, 1.165) is 25.7 Å². The highest BCUT2D eigenvalue weighted by Gasteiger charge is 2.50. The van der Waals surface area contributed by atoms with Gasteiger partial charge in [0.05, 0.1) is 5.41 Å². The van der Waals surface area contributed by atoms with E-state index >= 15 is 0 Å². The molecule has 0 aromatic carbocycles. The van der Waals surface area contributed by atoms with Crippen molar-refractivity contribution in [2.75, 3.05) is 0 Å². The van der Waals surface area contributed by atoms with Crippen LogP contribution < -0.4 is 5.32 Å². The molecule has 3 unspecified atom stereocenters. The van der Waals surface area contributed by atoms with Crippen molar-refractivity contribution in [1.29, 1.82) is 0 Å². The molecule has 0 radical (unpaired) electrons. The highest BCUT2D eigenvalue weighted by Crippen LogP contribution is 2.51. The second kappa shape index (κ2) is 4.31. The zero-order chi connectivity index (χ0) is 12.6. The van der Waals surface area contributed by atoms with Crippen molar-refractivity contribution < 1.29 is 14.7 Å². The molecule has 1 amide bonds. The fourth-order valence-corrected chi connectivity index (χ4v) is 3.85. The summed E-state index contributed by atoms with van der Waals surface area (Å²) in [6, 6.07) is 0.183. The molecule has 17 heavy (non-hydrogen) atoms. The summed E-state index contributed by atoms with van der Waals surface area (Å²) in [6.45, 7) is 3.66. The minimum absolute atomic E-state index is 0.00366. The number of carbonyl (C=O) groups is 2. The summed E-state index contributed by atoms with van der Waals surface area (Å²) in [5.74, 6) is 0.139. The lowest BCUT2D eigenvalue weighted by molar-refractivity contribution is -0.157. The standard InChI is InChI=1S/C13H21NO3/c1-8-5-10-7-13(6-8,12(16)17)4-3-11(10)14-9(2)15/h8,10-11H,3-7H2,1-2H3,(H,14,15)(H,16,17)/t8-,10?,11?,13?/m0/s1. The molecule has 0 heterocycles. The number of nitrogens with one attached hydrogen (secondary N) is 1. The Morgan fingerprint density at radius 3 is 2.65 bits per heavy atom. The highest BCUT2D eigenvalue weighted by molar-refractivity contribution is 5.75. The molecule has 2 N–H and O–H groups in total. The second-order valence-corrected chi connectivity index (χ2v) is 5.94. The van der Waals surface area contributed by atoms with Crippen LogP contribution in [0.15, 0.2) is 0 Å². The fraction of sp³-hybridized carbons (Fsp3) is 0.846. The van der Waals surface area contributed by atoms with Gasteiger partial charge in [0.15, 0.2) is 0 Å². The average Bonchev–Trinajstić information content (AvgIpc) is 2.21. The third-order valence-electron chi connectivity index (χ3n) is 4.44. The van der Waals surface area contributed by atoms with E-state index in [1.807, 2.05) is 0 Å². The molecule has 0 aromatic rings. The van der Waals surface area contributed by atoms with Crippen LogP contribution in [0.2, 0.25) is 0 Å². The van der Waals surface area contributed by atoms with Crippen LogP contribution in [0.25, 0.3) is 0 Å². The summed E-state index contributed by atoms with van der Waals surface area (Å²) >= 11 is 0. The maximum absolute atomic E-state index is 11.5. The number of amides is 1. The maximum atomic E-state index is 11.5. The molecule has 0 saturated heterocycles. The van der Waals surface area contributed by atoms with E-state index in [9.17, 15) is 14.7 Å². The average molecular weight is 239 g/mol. The number of fused-ring (bicyclic) bond motifs is 2. The van der Waals surface area contributed by atoms with E-state index in [4.69, 9.17) is 0 Å². The number of carbonyl (C=O) groups excluding carboxylic acids is 1. The van der Waals surface area contributed by atoms with Gasteiger partial charge in [0.1, 0.15) is 0 Å². The van der Waals surface area contributed by atoms with Crippen LogP contribution in [0.5, 0.6) is 0 Å². The number of rotatable bonds is 2. The molecule has 2 rings (SSSR count). The van der Waals surface area contributed by atoms with Gasteiger partial charge in [0, 0.05) is 13.0 Å². The molecule has 4 atom stereocenters. The van der Waals surface area contributed by atoms with Gasteiger partial charge in [-0.25, -0.2) is 0 Å². The number of carboxylic acids is 1. The first-order chi connectivity index (χ1) is 7.93. The third kappa shape index (κ3) is 2.31. The van der Waals surface area contributed by atoms with Gasteiger partial charge in [0.25, 0.3) is 0 Å². The number of hydrogen-bond donors (Lipinski definition) is 2. The van der Waals surface area contributed by atoms with Gasteiger partial charge in [0.2, 0.25) is 5.91 Å². The molecule has 0 aliphatic heterocycles. The number of aliphatic carboxylic acids is 1. The van der Waals surface area contributed by atoms with Gasteiger partial charge >= 0.3 is 5.97 Å². The summed E-state index contributed by atoms with van der Waals surface area (Å²) in [5.41, 5.74) is -0.517. The SMILES string of the molecule is CC(=O)NC1CCC2(C(=O)O)CC1C[C@H](C)C2. The van der Waals surface area contributed by atoms with Crippen LogP contribution in [0.3, 0.4) is 0 Å². The summed E-state index contributed by atoms with van der Waals surface area (Å²) in [4.78, 5) is 22.6. The van der Waals surface area contributed by atoms with Crippen LogP contribution in [-0.2, 0) is 9.59 Å². The normalized spacial score (nSPS) is 40.7. The van der Waals surface area contributed by atoms with Crippen molar-refractivity contribution in [3.8, 4) is 0 Å². The summed E-state index contributed by atoms with van der Waals surface area (Å²) in [7, 11) is 0. The van der Waals surface area contributed by atoms with Crippen molar-refractivity contribution in [3.63, 3.8) is 0 Å². The van der Waals surface area contributed by atoms with Gasteiger partial charge in [-0.2, -0.15) is 0 Å². The molecule has 2 aliphatic rings. The zero-order valence-corrected chi connectivity index (χ0v) is 10.5. The third-order valence-corrected chi connectivity index (χ3v) is 4.44. The van der Waals surface area contributed by atoms with Crippen LogP contribution in [0, 0.1) is 17.3 Å². The van der Waals surface area contributed by atoms with Gasteiger partial charge in [-0.05, 0) is 43.9 Å². The van der Waals surface area contributed by atoms with Crippen molar-refractivity contribution >= 4 is 11.9 Å². The monoisotopic (exact) mass is 239 g/mol. The number of carboxylic acid groups (broad SMARTS) is 1. The van der Waals surface area contributed by atoms with Gasteiger partial charge in [-0.1, -0.05) is 6.92 Å².